The quantitative estimate of drug-likeness (QED) is 0.683. The number of pyridine rings is 1. The summed E-state index contributed by atoms with van der Waals surface area (Å²) in [5, 5.41) is 7.97. The molecular weight excluding hydrogens is 399 g/mol. The minimum Gasteiger partial charge on any atom is -0.382 e. The maximum atomic E-state index is 12.5. The fourth-order valence-corrected chi connectivity index (χ4v) is 3.49. The van der Waals surface area contributed by atoms with Crippen molar-refractivity contribution in [2.24, 2.45) is 10.7 Å². The number of rotatable bonds is 3. The van der Waals surface area contributed by atoms with E-state index in [-0.39, 0.29) is 16.8 Å². The van der Waals surface area contributed by atoms with Crippen LogP contribution in [0.1, 0.15) is 23.1 Å². The molecular formula is C19H16Cl2N6O. The highest BCUT2D eigenvalue weighted by molar-refractivity contribution is 6.36. The SMILES string of the molecule is CC1Cn2nc(-c3cccc(NC(=O)c4ncc(Cl)cc4Cl)c3)cc2C(N)=N1. The maximum Gasteiger partial charge on any atom is 0.275 e. The number of hydrogen-bond acceptors (Lipinski definition) is 5. The molecule has 0 fully saturated rings. The van der Waals surface area contributed by atoms with Crippen LogP contribution in [0.2, 0.25) is 10.0 Å². The Kier molecular flexibility index (Phi) is 4.78. The van der Waals surface area contributed by atoms with Gasteiger partial charge in [-0.15, -0.1) is 0 Å². The number of benzene rings is 1. The average Bonchev–Trinajstić information content (AvgIpc) is 3.06. The van der Waals surface area contributed by atoms with E-state index in [4.69, 9.17) is 28.9 Å². The van der Waals surface area contributed by atoms with Gasteiger partial charge in [0.2, 0.25) is 0 Å². The molecule has 9 heteroatoms. The van der Waals surface area contributed by atoms with Gasteiger partial charge >= 0.3 is 0 Å². The average molecular weight is 415 g/mol. The van der Waals surface area contributed by atoms with Crippen molar-refractivity contribution in [3.63, 3.8) is 0 Å². The summed E-state index contributed by atoms with van der Waals surface area (Å²) in [5.41, 5.74) is 9.10. The maximum absolute atomic E-state index is 12.5. The lowest BCUT2D eigenvalue weighted by Gasteiger charge is -2.16. The number of carbonyl (C=O) groups excluding carboxylic acids is 1. The monoisotopic (exact) mass is 414 g/mol. The Balaban J connectivity index is 1.60. The van der Waals surface area contributed by atoms with E-state index in [2.05, 4.69) is 20.4 Å². The molecule has 0 aliphatic carbocycles. The number of aromatic nitrogens is 3. The molecule has 1 aromatic carbocycles. The van der Waals surface area contributed by atoms with Crippen LogP contribution in [-0.2, 0) is 6.54 Å². The Morgan fingerprint density at radius 3 is 2.89 bits per heavy atom. The van der Waals surface area contributed by atoms with Gasteiger partial charge in [-0.1, -0.05) is 35.3 Å². The lowest BCUT2D eigenvalue weighted by molar-refractivity contribution is 0.102. The molecule has 0 bridgehead atoms. The van der Waals surface area contributed by atoms with Crippen molar-refractivity contribution >= 4 is 40.6 Å². The Hall–Kier alpha value is -2.90. The zero-order valence-electron chi connectivity index (χ0n) is 14.9. The normalized spacial score (nSPS) is 15.7. The number of hydrogen-bond donors (Lipinski definition) is 2. The number of carbonyl (C=O) groups is 1. The van der Waals surface area contributed by atoms with Crippen molar-refractivity contribution in [2.75, 3.05) is 5.32 Å². The summed E-state index contributed by atoms with van der Waals surface area (Å²) in [6, 6.07) is 10.8. The molecule has 0 saturated heterocycles. The van der Waals surface area contributed by atoms with Gasteiger partial charge in [-0.2, -0.15) is 5.10 Å². The number of halogens is 2. The zero-order valence-corrected chi connectivity index (χ0v) is 16.4. The number of nitrogens with zero attached hydrogens (tertiary/aromatic N) is 4. The summed E-state index contributed by atoms with van der Waals surface area (Å²) in [6.07, 6.45) is 1.38. The second kappa shape index (κ2) is 7.26. The standard InChI is InChI=1S/C19H16Cl2N6O/c1-10-9-27-16(18(22)24-10)7-15(26-27)11-3-2-4-13(5-11)25-19(28)17-14(21)6-12(20)8-23-17/h2-8,10H,9H2,1H3,(H2,22,24)(H,25,28). The molecule has 3 aromatic rings. The van der Waals surface area contributed by atoms with Gasteiger partial charge in [0.25, 0.3) is 5.91 Å². The van der Waals surface area contributed by atoms with Crippen LogP contribution >= 0.6 is 23.2 Å². The predicted octanol–water partition coefficient (Wildman–Crippen LogP) is 3.61. The second-order valence-electron chi connectivity index (χ2n) is 6.48. The number of nitrogens with one attached hydrogen (secondary N) is 1. The van der Waals surface area contributed by atoms with Crippen LogP contribution in [0.3, 0.4) is 0 Å². The third kappa shape index (κ3) is 3.58. The number of fused-ring (bicyclic) bond motifs is 1. The Morgan fingerprint density at radius 1 is 1.29 bits per heavy atom. The third-order valence-electron chi connectivity index (χ3n) is 4.28. The molecule has 4 rings (SSSR count). The molecule has 1 amide bonds. The van der Waals surface area contributed by atoms with E-state index < -0.39 is 5.91 Å². The van der Waals surface area contributed by atoms with Crippen LogP contribution in [0.25, 0.3) is 11.3 Å². The highest BCUT2D eigenvalue weighted by Gasteiger charge is 2.19. The first kappa shape index (κ1) is 18.5. The molecule has 2 aromatic heterocycles. The fourth-order valence-electron chi connectivity index (χ4n) is 3.03. The van der Waals surface area contributed by atoms with Gasteiger partial charge in [0.05, 0.1) is 28.3 Å². The number of amides is 1. The molecule has 3 heterocycles. The van der Waals surface area contributed by atoms with Gasteiger partial charge in [0.1, 0.15) is 17.2 Å². The molecule has 0 saturated carbocycles. The van der Waals surface area contributed by atoms with E-state index in [1.807, 2.05) is 35.9 Å². The van der Waals surface area contributed by atoms with Gasteiger partial charge < -0.3 is 11.1 Å². The summed E-state index contributed by atoms with van der Waals surface area (Å²) in [6.45, 7) is 2.66. The first-order valence-corrected chi connectivity index (χ1v) is 9.30. The third-order valence-corrected chi connectivity index (χ3v) is 4.77. The van der Waals surface area contributed by atoms with E-state index in [1.54, 1.807) is 6.07 Å². The molecule has 1 atom stereocenters. The van der Waals surface area contributed by atoms with Crippen LogP contribution in [0.15, 0.2) is 47.6 Å². The van der Waals surface area contributed by atoms with Gasteiger partial charge in [-0.05, 0) is 31.2 Å². The molecule has 0 radical (unpaired) electrons. The van der Waals surface area contributed by atoms with E-state index in [0.717, 1.165) is 17.0 Å². The highest BCUT2D eigenvalue weighted by Crippen LogP contribution is 2.25. The lowest BCUT2D eigenvalue weighted by atomic mass is 10.1. The van der Waals surface area contributed by atoms with Gasteiger partial charge in [0.15, 0.2) is 0 Å². The number of nitrogens with two attached hydrogens (primary N) is 1. The summed E-state index contributed by atoms with van der Waals surface area (Å²) < 4.78 is 1.85. The molecule has 1 aliphatic rings. The van der Waals surface area contributed by atoms with E-state index in [0.29, 0.717) is 23.1 Å². The fraction of sp³-hybridized carbons (Fsp3) is 0.158. The molecule has 1 unspecified atom stereocenters. The van der Waals surface area contributed by atoms with Crippen LogP contribution in [0.5, 0.6) is 0 Å². The number of amidine groups is 1. The van der Waals surface area contributed by atoms with Gasteiger partial charge in [-0.3, -0.25) is 14.5 Å². The predicted molar refractivity (Wildman–Crippen MR) is 110 cm³/mol. The van der Waals surface area contributed by atoms with Crippen molar-refractivity contribution in [3.05, 3.63) is 64.0 Å². The molecule has 1 aliphatic heterocycles. The topological polar surface area (TPSA) is 98.2 Å². The van der Waals surface area contributed by atoms with Crippen molar-refractivity contribution < 1.29 is 4.79 Å². The minimum absolute atomic E-state index is 0.0856. The summed E-state index contributed by atoms with van der Waals surface area (Å²) in [7, 11) is 0. The lowest BCUT2D eigenvalue weighted by Crippen LogP contribution is -2.29. The second-order valence-corrected chi connectivity index (χ2v) is 7.32. The molecule has 7 nitrogen and oxygen atoms in total. The Labute approximate surface area is 171 Å². The van der Waals surface area contributed by atoms with E-state index in [1.165, 1.54) is 12.3 Å². The smallest absolute Gasteiger partial charge is 0.275 e. The first-order valence-electron chi connectivity index (χ1n) is 8.55. The van der Waals surface area contributed by atoms with E-state index in [9.17, 15) is 4.79 Å². The summed E-state index contributed by atoms with van der Waals surface area (Å²) in [4.78, 5) is 20.9. The van der Waals surface area contributed by atoms with Crippen LogP contribution in [0, 0.1) is 0 Å². The molecule has 0 spiro atoms. The van der Waals surface area contributed by atoms with Gasteiger partial charge in [-0.25, -0.2) is 4.98 Å². The summed E-state index contributed by atoms with van der Waals surface area (Å²) in [5.74, 6) is 0.0542. The van der Waals surface area contributed by atoms with Crippen LogP contribution in [0.4, 0.5) is 5.69 Å². The van der Waals surface area contributed by atoms with Crippen LogP contribution < -0.4 is 11.1 Å². The highest BCUT2D eigenvalue weighted by atomic mass is 35.5. The minimum atomic E-state index is -0.423. The van der Waals surface area contributed by atoms with Crippen LogP contribution in [-0.4, -0.2) is 32.5 Å². The molecule has 3 N–H and O–H groups in total. The van der Waals surface area contributed by atoms with Crippen molar-refractivity contribution in [2.45, 2.75) is 19.5 Å². The summed E-state index contributed by atoms with van der Waals surface area (Å²) >= 11 is 11.9. The van der Waals surface area contributed by atoms with Gasteiger partial charge in [0, 0.05) is 17.4 Å². The van der Waals surface area contributed by atoms with Crippen molar-refractivity contribution in [1.29, 1.82) is 0 Å². The largest absolute Gasteiger partial charge is 0.382 e. The van der Waals surface area contributed by atoms with Crippen molar-refractivity contribution in [1.82, 2.24) is 14.8 Å². The Morgan fingerprint density at radius 2 is 2.11 bits per heavy atom. The molecule has 142 valence electrons. The zero-order chi connectivity index (χ0) is 19.8. The Bertz CT molecular complexity index is 1110. The number of aliphatic imine (C=N–C) groups is 1. The van der Waals surface area contributed by atoms with Crippen molar-refractivity contribution in [3.8, 4) is 11.3 Å². The number of anilines is 1. The molecule has 28 heavy (non-hydrogen) atoms. The van der Waals surface area contributed by atoms with E-state index >= 15 is 0 Å². The first-order chi connectivity index (χ1) is 13.4.